The van der Waals surface area contributed by atoms with Crippen LogP contribution in [0.15, 0.2) is 53.5 Å². The lowest BCUT2D eigenvalue weighted by Crippen LogP contribution is -2.16. The quantitative estimate of drug-likeness (QED) is 0.472. The summed E-state index contributed by atoms with van der Waals surface area (Å²) in [7, 11) is 0. The molecule has 6 nitrogen and oxygen atoms in total. The van der Waals surface area contributed by atoms with E-state index in [1.54, 1.807) is 36.5 Å². The molecule has 3 aromatic rings. The van der Waals surface area contributed by atoms with Gasteiger partial charge < -0.3 is 9.47 Å². The number of aryl methyl sites for hydroxylation is 1. The molecule has 0 aliphatic carbocycles. The molecule has 1 aromatic carbocycles. The van der Waals surface area contributed by atoms with E-state index in [2.05, 4.69) is 11.9 Å². The summed E-state index contributed by atoms with van der Waals surface area (Å²) < 4.78 is 12.3. The number of carbonyl (C=O) groups excluding carboxylic acids is 1. The normalized spacial score (nSPS) is 10.7. The Labute approximate surface area is 157 Å². The fraction of sp³-hybridized carbons (Fsp3) is 0.286. The number of nitrogens with zero attached hydrogens (tertiary/aromatic N) is 2. The summed E-state index contributed by atoms with van der Waals surface area (Å²) in [5.74, 6) is 0.250. The molecule has 0 aliphatic rings. The number of pyridine rings is 1. The molecule has 3 rings (SSSR count). The average Bonchev–Trinajstić information content (AvgIpc) is 2.67. The van der Waals surface area contributed by atoms with Crippen LogP contribution in [0, 0.1) is 6.92 Å². The molecule has 0 atom stereocenters. The van der Waals surface area contributed by atoms with Gasteiger partial charge in [-0.3, -0.25) is 9.20 Å². The number of unbranched alkanes of at least 4 members (excludes halogenated alkanes) is 1. The summed E-state index contributed by atoms with van der Waals surface area (Å²) in [4.78, 5) is 28.8. The predicted octanol–water partition coefficient (Wildman–Crippen LogP) is 3.54. The molecule has 0 saturated carbocycles. The van der Waals surface area contributed by atoms with Crippen LogP contribution in [0.25, 0.3) is 5.65 Å². The fourth-order valence-corrected chi connectivity index (χ4v) is 2.58. The second-order valence-corrected chi connectivity index (χ2v) is 6.32. The van der Waals surface area contributed by atoms with Crippen LogP contribution in [0.1, 0.15) is 41.4 Å². The summed E-state index contributed by atoms with van der Waals surface area (Å²) in [6.07, 6.45) is 3.78. The van der Waals surface area contributed by atoms with Gasteiger partial charge in [-0.25, -0.2) is 9.78 Å². The number of benzene rings is 1. The predicted molar refractivity (Wildman–Crippen MR) is 102 cm³/mol. The number of ether oxygens (including phenoxy) is 2. The van der Waals surface area contributed by atoms with Crippen molar-refractivity contribution in [3.63, 3.8) is 0 Å². The van der Waals surface area contributed by atoms with Crippen molar-refractivity contribution in [1.82, 2.24) is 9.38 Å². The first-order valence-electron chi connectivity index (χ1n) is 8.96. The number of carbonyl (C=O) groups is 1. The van der Waals surface area contributed by atoms with Gasteiger partial charge in [0.1, 0.15) is 18.0 Å². The van der Waals surface area contributed by atoms with Gasteiger partial charge in [-0.15, -0.1) is 0 Å². The Hall–Kier alpha value is -3.15. The Kier molecular flexibility index (Phi) is 5.86. The first kappa shape index (κ1) is 18.6. The van der Waals surface area contributed by atoms with Gasteiger partial charge in [0.15, 0.2) is 0 Å². The number of rotatable bonds is 7. The highest BCUT2D eigenvalue weighted by Crippen LogP contribution is 2.14. The summed E-state index contributed by atoms with van der Waals surface area (Å²) in [5.41, 5.74) is 2.12. The summed E-state index contributed by atoms with van der Waals surface area (Å²) >= 11 is 0. The van der Waals surface area contributed by atoms with Gasteiger partial charge in [0.05, 0.1) is 17.9 Å². The van der Waals surface area contributed by atoms with Gasteiger partial charge in [-0.05, 0) is 49.2 Å². The maximum Gasteiger partial charge on any atom is 0.338 e. The van der Waals surface area contributed by atoms with Crippen molar-refractivity contribution in [1.29, 1.82) is 0 Å². The molecule has 0 saturated heterocycles. The number of fused-ring (bicyclic) bond motifs is 1. The Morgan fingerprint density at radius 2 is 1.93 bits per heavy atom. The van der Waals surface area contributed by atoms with E-state index in [1.807, 2.05) is 13.0 Å². The zero-order chi connectivity index (χ0) is 19.2. The summed E-state index contributed by atoms with van der Waals surface area (Å²) in [6.45, 7) is 4.60. The maximum atomic E-state index is 12.2. The van der Waals surface area contributed by atoms with Crippen LogP contribution in [0.4, 0.5) is 0 Å². The molecule has 0 bridgehead atoms. The lowest BCUT2D eigenvalue weighted by molar-refractivity contribution is 0.0467. The number of esters is 1. The van der Waals surface area contributed by atoms with Crippen LogP contribution in [0.3, 0.4) is 0 Å². The minimum atomic E-state index is -0.471. The molecule has 0 spiro atoms. The van der Waals surface area contributed by atoms with Gasteiger partial charge in [-0.1, -0.05) is 19.4 Å². The van der Waals surface area contributed by atoms with E-state index in [0.29, 0.717) is 23.5 Å². The lowest BCUT2D eigenvalue weighted by atomic mass is 10.2. The van der Waals surface area contributed by atoms with Crippen molar-refractivity contribution in [2.24, 2.45) is 0 Å². The molecular formula is C21H22N2O4. The number of hydrogen-bond donors (Lipinski definition) is 0. The second kappa shape index (κ2) is 8.49. The van der Waals surface area contributed by atoms with Crippen molar-refractivity contribution in [2.45, 2.75) is 33.3 Å². The monoisotopic (exact) mass is 366 g/mol. The molecule has 0 radical (unpaired) electrons. The third-order valence-electron chi connectivity index (χ3n) is 4.07. The van der Waals surface area contributed by atoms with Crippen LogP contribution >= 0.6 is 0 Å². The third-order valence-corrected chi connectivity index (χ3v) is 4.07. The molecule has 0 unspecified atom stereocenters. The third kappa shape index (κ3) is 4.73. The van der Waals surface area contributed by atoms with Crippen molar-refractivity contribution < 1.29 is 14.3 Å². The Morgan fingerprint density at radius 3 is 2.67 bits per heavy atom. The van der Waals surface area contributed by atoms with Crippen molar-refractivity contribution >= 4 is 11.6 Å². The second-order valence-electron chi connectivity index (χ2n) is 6.32. The van der Waals surface area contributed by atoms with Gasteiger partial charge in [0.25, 0.3) is 5.56 Å². The zero-order valence-corrected chi connectivity index (χ0v) is 15.5. The maximum absolute atomic E-state index is 12.2. The molecule has 0 aliphatic heterocycles. The first-order valence-corrected chi connectivity index (χ1v) is 8.96. The average molecular weight is 366 g/mol. The van der Waals surface area contributed by atoms with Crippen LogP contribution in [-0.2, 0) is 11.3 Å². The van der Waals surface area contributed by atoms with Crippen LogP contribution in [0.5, 0.6) is 5.75 Å². The molecule has 2 aromatic heterocycles. The van der Waals surface area contributed by atoms with Crippen molar-refractivity contribution in [3.05, 3.63) is 75.8 Å². The van der Waals surface area contributed by atoms with Crippen LogP contribution in [0.2, 0.25) is 0 Å². The number of aromatic nitrogens is 2. The summed E-state index contributed by atoms with van der Waals surface area (Å²) in [6, 6.07) is 11.8. The SMILES string of the molecule is CCCCOc1ccc(C(=O)OCc2cc(=O)n3cc(C)ccc3n2)cc1. The van der Waals surface area contributed by atoms with Gasteiger partial charge >= 0.3 is 5.97 Å². The van der Waals surface area contributed by atoms with Crippen LogP contribution < -0.4 is 10.3 Å². The largest absolute Gasteiger partial charge is 0.494 e. The van der Waals surface area contributed by atoms with Crippen LogP contribution in [-0.4, -0.2) is 22.0 Å². The smallest absolute Gasteiger partial charge is 0.338 e. The Morgan fingerprint density at radius 1 is 1.15 bits per heavy atom. The van der Waals surface area contributed by atoms with E-state index < -0.39 is 5.97 Å². The molecular weight excluding hydrogens is 344 g/mol. The lowest BCUT2D eigenvalue weighted by Gasteiger charge is -2.08. The highest BCUT2D eigenvalue weighted by atomic mass is 16.5. The van der Waals surface area contributed by atoms with E-state index in [4.69, 9.17) is 9.47 Å². The Bertz CT molecular complexity index is 993. The topological polar surface area (TPSA) is 69.9 Å². The number of hydrogen-bond acceptors (Lipinski definition) is 5. The first-order chi connectivity index (χ1) is 13.1. The molecule has 6 heteroatoms. The van der Waals surface area contributed by atoms with E-state index in [-0.39, 0.29) is 12.2 Å². The van der Waals surface area contributed by atoms with Gasteiger partial charge in [0.2, 0.25) is 0 Å². The minimum Gasteiger partial charge on any atom is -0.494 e. The Balaban J connectivity index is 1.64. The van der Waals surface area contributed by atoms with Gasteiger partial charge in [0, 0.05) is 12.3 Å². The minimum absolute atomic E-state index is 0.0623. The van der Waals surface area contributed by atoms with E-state index >= 15 is 0 Å². The standard InChI is InChI=1S/C21H22N2O4/c1-3-4-11-26-18-8-6-16(7-9-18)21(25)27-14-17-12-20(24)23-13-15(2)5-10-19(23)22-17/h5-10,12-13H,3-4,11,14H2,1-2H3. The van der Waals surface area contributed by atoms with Crippen molar-refractivity contribution in [3.8, 4) is 5.75 Å². The van der Waals surface area contributed by atoms with E-state index in [0.717, 1.165) is 24.2 Å². The van der Waals surface area contributed by atoms with E-state index in [9.17, 15) is 9.59 Å². The highest BCUT2D eigenvalue weighted by Gasteiger charge is 2.10. The highest BCUT2D eigenvalue weighted by molar-refractivity contribution is 5.89. The molecule has 0 amide bonds. The molecule has 0 fully saturated rings. The van der Waals surface area contributed by atoms with E-state index in [1.165, 1.54) is 10.5 Å². The molecule has 140 valence electrons. The molecule has 0 N–H and O–H groups in total. The fourth-order valence-electron chi connectivity index (χ4n) is 2.58. The molecule has 27 heavy (non-hydrogen) atoms. The summed E-state index contributed by atoms with van der Waals surface area (Å²) in [5, 5.41) is 0. The van der Waals surface area contributed by atoms with Gasteiger partial charge in [-0.2, -0.15) is 0 Å². The molecule has 2 heterocycles. The zero-order valence-electron chi connectivity index (χ0n) is 15.5. The van der Waals surface area contributed by atoms with Crippen molar-refractivity contribution in [2.75, 3.05) is 6.61 Å².